The Hall–Kier alpha value is -4.32. The Morgan fingerprint density at radius 1 is 0.636 bits per heavy atom. The molecule has 0 spiro atoms. The first-order valence-electron chi connectivity index (χ1n) is 14.4. The third kappa shape index (κ3) is 5.31. The van der Waals surface area contributed by atoms with Gasteiger partial charge in [0.25, 0.3) is 0 Å². The lowest BCUT2D eigenvalue weighted by Crippen LogP contribution is -2.18. The third-order valence-electron chi connectivity index (χ3n) is 8.41. The largest absolute Gasteiger partial charge is 0.416 e. The van der Waals surface area contributed by atoms with Crippen LogP contribution < -0.4 is 10.4 Å². The van der Waals surface area contributed by atoms with Gasteiger partial charge in [-0.2, -0.15) is 26.3 Å². The predicted octanol–water partition coefficient (Wildman–Crippen LogP) is 9.41. The van der Waals surface area contributed by atoms with Gasteiger partial charge in [0.05, 0.1) is 11.1 Å². The molecule has 0 bridgehead atoms. The van der Waals surface area contributed by atoms with Crippen molar-refractivity contribution in [1.82, 2.24) is 0 Å². The van der Waals surface area contributed by atoms with Crippen molar-refractivity contribution in [3.8, 4) is 0 Å². The smallest absolute Gasteiger partial charge is 0.166 e. The molecule has 4 aromatic rings. The zero-order valence-electron chi connectivity index (χ0n) is 24.7. The van der Waals surface area contributed by atoms with Crippen molar-refractivity contribution in [2.75, 3.05) is 0 Å². The number of alkyl halides is 6. The summed E-state index contributed by atoms with van der Waals surface area (Å²) in [4.78, 5) is 0. The first kappa shape index (κ1) is 29.7. The van der Waals surface area contributed by atoms with E-state index in [0.29, 0.717) is 10.8 Å². The van der Waals surface area contributed by atoms with E-state index >= 15 is 0 Å². The summed E-state index contributed by atoms with van der Waals surface area (Å²) in [6.45, 7) is 8.43. The molecule has 0 amide bonds. The number of halogens is 6. The van der Waals surface area contributed by atoms with Crippen LogP contribution in [-0.4, -0.2) is 0 Å². The maximum atomic E-state index is 13.9. The fraction of sp³-hybridized carbons (Fsp3) is 0.211. The van der Waals surface area contributed by atoms with Crippen LogP contribution in [0.3, 0.4) is 0 Å². The first-order chi connectivity index (χ1) is 20.6. The zero-order chi connectivity index (χ0) is 31.6. The highest BCUT2D eigenvalue weighted by Crippen LogP contribution is 2.41. The first-order valence-corrected chi connectivity index (χ1v) is 14.4. The minimum absolute atomic E-state index is 0.0316. The molecule has 0 N–H and O–H groups in total. The molecule has 0 fully saturated rings. The lowest BCUT2D eigenvalue weighted by atomic mass is 9.85. The van der Waals surface area contributed by atoms with E-state index < -0.39 is 23.5 Å². The molecule has 224 valence electrons. The Labute approximate surface area is 251 Å². The minimum atomic E-state index is -4.63. The lowest BCUT2D eigenvalue weighted by molar-refractivity contribution is -0.138. The summed E-state index contributed by atoms with van der Waals surface area (Å²) in [5, 5.41) is 3.60. The molecule has 0 saturated carbocycles. The van der Waals surface area contributed by atoms with Crippen LogP contribution in [0.5, 0.6) is 0 Å². The Kier molecular flexibility index (Phi) is 7.03. The van der Waals surface area contributed by atoms with Crippen molar-refractivity contribution < 1.29 is 26.3 Å². The van der Waals surface area contributed by atoms with Gasteiger partial charge in [-0.25, -0.2) is 0 Å². The molecule has 6 heteroatoms. The normalized spacial score (nSPS) is 16.2. The van der Waals surface area contributed by atoms with E-state index in [-0.39, 0.29) is 22.5 Å². The number of hydrogen-bond acceptors (Lipinski definition) is 0. The topological polar surface area (TPSA) is 0 Å². The molecule has 0 nitrogen and oxygen atoms in total. The Balaban J connectivity index is 1.80. The molecule has 1 unspecified atom stereocenters. The SMILES string of the molecule is CC1C=C(C(C)(C)C)C=C1c1c2c(ccc1=C(c1cccc(C(F)(F)F)c1)c1cccc(C(F)(F)F)c1)=c1ccccc1=C2. The van der Waals surface area contributed by atoms with Gasteiger partial charge >= 0.3 is 12.4 Å². The summed E-state index contributed by atoms with van der Waals surface area (Å²) in [6, 6.07) is 21.4. The molecule has 1 atom stereocenters. The van der Waals surface area contributed by atoms with Crippen LogP contribution in [-0.2, 0) is 12.4 Å². The van der Waals surface area contributed by atoms with Crippen molar-refractivity contribution in [1.29, 1.82) is 0 Å². The van der Waals surface area contributed by atoms with Crippen molar-refractivity contribution >= 4 is 17.2 Å². The summed E-state index contributed by atoms with van der Waals surface area (Å²) in [5.74, 6) is -0.0316. The Morgan fingerprint density at radius 3 is 1.77 bits per heavy atom. The molecule has 44 heavy (non-hydrogen) atoms. The summed E-state index contributed by atoms with van der Waals surface area (Å²) >= 11 is 0. The second-order valence-corrected chi connectivity index (χ2v) is 12.5. The van der Waals surface area contributed by atoms with Crippen molar-refractivity contribution in [2.24, 2.45) is 11.3 Å². The lowest BCUT2D eigenvalue weighted by Gasteiger charge is -2.19. The molecular formula is C38H30F6. The van der Waals surface area contributed by atoms with E-state index in [4.69, 9.17) is 0 Å². The van der Waals surface area contributed by atoms with Gasteiger partial charge in [-0.15, -0.1) is 0 Å². The number of benzene rings is 4. The molecule has 0 saturated heterocycles. The van der Waals surface area contributed by atoms with E-state index in [1.165, 1.54) is 24.3 Å². The Bertz CT molecular complexity index is 2020. The monoisotopic (exact) mass is 600 g/mol. The molecule has 0 heterocycles. The fourth-order valence-electron chi connectivity index (χ4n) is 6.20. The van der Waals surface area contributed by atoms with Crippen LogP contribution in [0.4, 0.5) is 26.3 Å². The molecule has 0 radical (unpaired) electrons. The number of allylic oxidation sites excluding steroid dienone is 4. The van der Waals surface area contributed by atoms with Crippen LogP contribution in [0.25, 0.3) is 17.2 Å². The molecule has 2 aliphatic rings. The van der Waals surface area contributed by atoms with Crippen molar-refractivity contribution in [3.05, 3.63) is 157 Å². The summed E-state index contributed by atoms with van der Waals surface area (Å²) in [6.07, 6.45) is -2.86. The van der Waals surface area contributed by atoms with Gasteiger partial charge in [0.15, 0.2) is 0 Å². The van der Waals surface area contributed by atoms with Gasteiger partial charge in [0, 0.05) is 5.92 Å². The summed E-state index contributed by atoms with van der Waals surface area (Å²) in [5.41, 5.74) is 2.60. The van der Waals surface area contributed by atoms with Gasteiger partial charge < -0.3 is 0 Å². The van der Waals surface area contributed by atoms with Gasteiger partial charge in [-0.1, -0.05) is 101 Å². The summed E-state index contributed by atoms with van der Waals surface area (Å²) < 4.78 is 83.6. The van der Waals surface area contributed by atoms with E-state index in [9.17, 15) is 26.3 Å². The molecule has 0 aliphatic heterocycles. The second-order valence-electron chi connectivity index (χ2n) is 12.5. The van der Waals surface area contributed by atoms with Crippen LogP contribution in [0, 0.1) is 21.8 Å². The number of rotatable bonds is 3. The van der Waals surface area contributed by atoms with Crippen LogP contribution in [0.15, 0.2) is 103 Å². The number of fused-ring (bicyclic) bond motifs is 2. The fourth-order valence-corrected chi connectivity index (χ4v) is 6.20. The van der Waals surface area contributed by atoms with Crippen LogP contribution >= 0.6 is 0 Å². The van der Waals surface area contributed by atoms with E-state index in [2.05, 4.69) is 45.9 Å². The highest BCUT2D eigenvalue weighted by molar-refractivity contribution is 5.88. The molecule has 0 aromatic heterocycles. The molecule has 4 aromatic carbocycles. The van der Waals surface area contributed by atoms with Gasteiger partial charge in [-0.3, -0.25) is 0 Å². The quantitative estimate of drug-likeness (QED) is 0.181. The average Bonchev–Trinajstić information content (AvgIpc) is 3.53. The molecule has 6 rings (SSSR count). The van der Waals surface area contributed by atoms with E-state index in [0.717, 1.165) is 62.2 Å². The van der Waals surface area contributed by atoms with E-state index in [1.54, 1.807) is 0 Å². The highest BCUT2D eigenvalue weighted by atomic mass is 19.4. The van der Waals surface area contributed by atoms with Gasteiger partial charge in [0.1, 0.15) is 0 Å². The van der Waals surface area contributed by atoms with Crippen molar-refractivity contribution in [3.63, 3.8) is 0 Å². The zero-order valence-corrected chi connectivity index (χ0v) is 24.7. The van der Waals surface area contributed by atoms with Crippen LogP contribution in [0.1, 0.15) is 61.1 Å². The van der Waals surface area contributed by atoms with Crippen LogP contribution in [0.2, 0.25) is 0 Å². The van der Waals surface area contributed by atoms with Gasteiger partial charge in [0.2, 0.25) is 0 Å². The maximum Gasteiger partial charge on any atom is 0.416 e. The highest BCUT2D eigenvalue weighted by Gasteiger charge is 2.33. The summed E-state index contributed by atoms with van der Waals surface area (Å²) in [7, 11) is 0. The number of hydrogen-bond donors (Lipinski definition) is 0. The van der Waals surface area contributed by atoms with E-state index in [1.807, 2.05) is 36.4 Å². The molecule has 2 aliphatic carbocycles. The predicted molar refractivity (Wildman–Crippen MR) is 163 cm³/mol. The maximum absolute atomic E-state index is 13.9. The Morgan fingerprint density at radius 2 is 1.23 bits per heavy atom. The van der Waals surface area contributed by atoms with Crippen molar-refractivity contribution in [2.45, 2.75) is 40.0 Å². The second kappa shape index (κ2) is 10.4. The average molecular weight is 601 g/mol. The minimum Gasteiger partial charge on any atom is -0.166 e. The molecular weight excluding hydrogens is 570 g/mol. The van der Waals surface area contributed by atoms with Gasteiger partial charge in [-0.05, 0) is 95.6 Å². The standard InChI is InChI=1S/C38H30F6/c1-22-17-28(36(2,3)4)21-32(22)35-31(16-15-30-29-14-6-5-9-23(29)20-33(30)35)34(24-10-7-12-26(18-24)37(39,40)41)25-11-8-13-27(19-25)38(42,43)44/h5-22H,1-4H3. The third-order valence-corrected chi connectivity index (χ3v) is 8.41.